The maximum atomic E-state index is 11.5. The summed E-state index contributed by atoms with van der Waals surface area (Å²) in [5, 5.41) is 6.00. The van der Waals surface area contributed by atoms with Gasteiger partial charge in [-0.3, -0.25) is 10.1 Å². The fraction of sp³-hybridized carbons (Fsp3) is 0.444. The predicted molar refractivity (Wildman–Crippen MR) is 56.8 cm³/mol. The van der Waals surface area contributed by atoms with E-state index in [0.29, 0.717) is 18.2 Å². The number of carbonyl (C=O) groups excluding carboxylic acids is 1. The van der Waals surface area contributed by atoms with E-state index in [9.17, 15) is 4.79 Å². The molecular formula is C9H11ClN4O. The molecule has 15 heavy (non-hydrogen) atoms. The highest BCUT2D eigenvalue weighted by atomic mass is 35.5. The van der Waals surface area contributed by atoms with Gasteiger partial charge in [0.15, 0.2) is 0 Å². The molecule has 80 valence electrons. The van der Waals surface area contributed by atoms with Gasteiger partial charge in [0.05, 0.1) is 5.92 Å². The summed E-state index contributed by atoms with van der Waals surface area (Å²) in [4.78, 5) is 19.5. The van der Waals surface area contributed by atoms with Crippen LogP contribution < -0.4 is 10.6 Å². The van der Waals surface area contributed by atoms with Gasteiger partial charge in [0.2, 0.25) is 11.9 Å². The number of nitrogens with zero attached hydrogens (tertiary/aromatic N) is 2. The average molecular weight is 227 g/mol. The minimum atomic E-state index is -0.0598. The van der Waals surface area contributed by atoms with E-state index in [1.165, 1.54) is 0 Å². The Hall–Kier alpha value is -1.20. The normalized spacial score (nSPS) is 15.9. The van der Waals surface area contributed by atoms with Crippen LogP contribution in [0.4, 0.5) is 5.95 Å². The Morgan fingerprint density at radius 1 is 1.60 bits per heavy atom. The molecule has 1 fully saturated rings. The number of halogens is 1. The van der Waals surface area contributed by atoms with Crippen LogP contribution >= 0.6 is 11.6 Å². The third-order valence-corrected chi connectivity index (χ3v) is 2.40. The number of aryl methyl sites for hydroxylation is 1. The molecule has 0 spiro atoms. The van der Waals surface area contributed by atoms with Crippen LogP contribution in [-0.2, 0) is 4.79 Å². The minimum Gasteiger partial charge on any atom is -0.315 e. The van der Waals surface area contributed by atoms with Gasteiger partial charge in [-0.25, -0.2) is 9.97 Å². The quantitative estimate of drug-likeness (QED) is 0.725. The first-order valence-electron chi connectivity index (χ1n) is 4.68. The lowest BCUT2D eigenvalue weighted by Crippen LogP contribution is -2.48. The predicted octanol–water partition coefficient (Wildman–Crippen LogP) is 0.596. The van der Waals surface area contributed by atoms with Crippen LogP contribution in [0.3, 0.4) is 0 Å². The third-order valence-electron chi connectivity index (χ3n) is 2.21. The van der Waals surface area contributed by atoms with E-state index in [1.54, 1.807) is 13.0 Å². The summed E-state index contributed by atoms with van der Waals surface area (Å²) in [6.45, 7) is 3.23. The van der Waals surface area contributed by atoms with Gasteiger partial charge in [0.1, 0.15) is 5.15 Å². The largest absolute Gasteiger partial charge is 0.315 e. The number of nitrogens with one attached hydrogen (secondary N) is 2. The SMILES string of the molecule is Cc1cc(Cl)nc(NC(=O)C2CNC2)n1. The van der Waals surface area contributed by atoms with E-state index >= 15 is 0 Å². The van der Waals surface area contributed by atoms with E-state index in [4.69, 9.17) is 11.6 Å². The lowest BCUT2D eigenvalue weighted by Gasteiger charge is -2.25. The summed E-state index contributed by atoms with van der Waals surface area (Å²) in [5.41, 5.74) is 0.733. The molecule has 1 aromatic rings. The van der Waals surface area contributed by atoms with Crippen LogP contribution in [0.1, 0.15) is 5.69 Å². The molecule has 1 saturated heterocycles. The smallest absolute Gasteiger partial charge is 0.232 e. The topological polar surface area (TPSA) is 66.9 Å². The van der Waals surface area contributed by atoms with Crippen LogP contribution in [0, 0.1) is 12.8 Å². The van der Waals surface area contributed by atoms with Crippen LogP contribution in [0.5, 0.6) is 0 Å². The number of aromatic nitrogens is 2. The lowest BCUT2D eigenvalue weighted by atomic mass is 10.0. The highest BCUT2D eigenvalue weighted by Gasteiger charge is 2.25. The highest BCUT2D eigenvalue weighted by Crippen LogP contribution is 2.11. The number of carbonyl (C=O) groups is 1. The van der Waals surface area contributed by atoms with E-state index in [2.05, 4.69) is 20.6 Å². The summed E-state index contributed by atoms with van der Waals surface area (Å²) >= 11 is 5.75. The summed E-state index contributed by atoms with van der Waals surface area (Å²) in [7, 11) is 0. The molecule has 0 bridgehead atoms. The molecule has 1 aliphatic heterocycles. The summed E-state index contributed by atoms with van der Waals surface area (Å²) in [6, 6.07) is 1.64. The van der Waals surface area contributed by atoms with Gasteiger partial charge >= 0.3 is 0 Å². The van der Waals surface area contributed by atoms with Gasteiger partial charge in [-0.05, 0) is 13.0 Å². The molecular weight excluding hydrogens is 216 g/mol. The van der Waals surface area contributed by atoms with Crippen molar-refractivity contribution in [2.24, 2.45) is 5.92 Å². The highest BCUT2D eigenvalue weighted by molar-refractivity contribution is 6.29. The molecule has 1 amide bonds. The number of hydrogen-bond acceptors (Lipinski definition) is 4. The zero-order valence-electron chi connectivity index (χ0n) is 8.25. The van der Waals surface area contributed by atoms with Crippen LogP contribution in [0.15, 0.2) is 6.07 Å². The summed E-state index contributed by atoms with van der Waals surface area (Å²) in [5.74, 6) is 0.236. The maximum absolute atomic E-state index is 11.5. The third kappa shape index (κ3) is 2.43. The fourth-order valence-electron chi connectivity index (χ4n) is 1.27. The second-order valence-corrected chi connectivity index (χ2v) is 3.89. The Morgan fingerprint density at radius 3 is 2.87 bits per heavy atom. The second kappa shape index (κ2) is 4.12. The first kappa shape index (κ1) is 10.3. The lowest BCUT2D eigenvalue weighted by molar-refractivity contribution is -0.121. The molecule has 2 N–H and O–H groups in total. The van der Waals surface area contributed by atoms with Gasteiger partial charge in [-0.2, -0.15) is 0 Å². The molecule has 6 heteroatoms. The molecule has 5 nitrogen and oxygen atoms in total. The Kier molecular flexibility index (Phi) is 2.83. The number of hydrogen-bond donors (Lipinski definition) is 2. The molecule has 1 aromatic heterocycles. The van der Waals surface area contributed by atoms with Gasteiger partial charge in [0.25, 0.3) is 0 Å². The van der Waals surface area contributed by atoms with Crippen LogP contribution in [0.25, 0.3) is 0 Å². The van der Waals surface area contributed by atoms with Gasteiger partial charge in [0, 0.05) is 18.8 Å². The Labute approximate surface area is 92.3 Å². The molecule has 0 saturated carbocycles. The van der Waals surface area contributed by atoms with Crippen molar-refractivity contribution in [1.82, 2.24) is 15.3 Å². The fourth-order valence-corrected chi connectivity index (χ4v) is 1.51. The molecule has 2 heterocycles. The van der Waals surface area contributed by atoms with Crippen molar-refractivity contribution in [2.75, 3.05) is 18.4 Å². The van der Waals surface area contributed by atoms with Crippen molar-refractivity contribution in [1.29, 1.82) is 0 Å². The molecule has 0 aromatic carbocycles. The first-order valence-corrected chi connectivity index (χ1v) is 5.06. The van der Waals surface area contributed by atoms with Crippen LogP contribution in [-0.4, -0.2) is 29.0 Å². The first-order chi connectivity index (χ1) is 7.15. The Bertz CT molecular complexity index is 371. The molecule has 0 unspecified atom stereocenters. The second-order valence-electron chi connectivity index (χ2n) is 3.50. The molecule has 0 radical (unpaired) electrons. The Morgan fingerprint density at radius 2 is 2.33 bits per heavy atom. The van der Waals surface area contributed by atoms with Crippen molar-refractivity contribution in [2.45, 2.75) is 6.92 Å². The van der Waals surface area contributed by atoms with Crippen molar-refractivity contribution in [3.63, 3.8) is 0 Å². The number of amides is 1. The van der Waals surface area contributed by atoms with E-state index in [1.807, 2.05) is 0 Å². The van der Waals surface area contributed by atoms with Crippen molar-refractivity contribution in [3.05, 3.63) is 16.9 Å². The minimum absolute atomic E-state index is 0.0212. The zero-order valence-corrected chi connectivity index (χ0v) is 9.01. The standard InChI is InChI=1S/C9H11ClN4O/c1-5-2-7(10)13-9(12-5)14-8(15)6-3-11-4-6/h2,6,11H,3-4H2,1H3,(H,12,13,14,15). The van der Waals surface area contributed by atoms with E-state index < -0.39 is 0 Å². The zero-order chi connectivity index (χ0) is 10.8. The van der Waals surface area contributed by atoms with Crippen molar-refractivity contribution in [3.8, 4) is 0 Å². The Balaban J connectivity index is 2.06. The number of rotatable bonds is 2. The molecule has 0 aliphatic carbocycles. The average Bonchev–Trinajstić information content (AvgIpc) is 1.96. The van der Waals surface area contributed by atoms with Gasteiger partial charge in [-0.1, -0.05) is 11.6 Å². The monoisotopic (exact) mass is 226 g/mol. The summed E-state index contributed by atoms with van der Waals surface area (Å²) in [6.07, 6.45) is 0. The van der Waals surface area contributed by atoms with Gasteiger partial charge in [-0.15, -0.1) is 0 Å². The van der Waals surface area contributed by atoms with Crippen molar-refractivity contribution < 1.29 is 4.79 Å². The van der Waals surface area contributed by atoms with Crippen LogP contribution in [0.2, 0.25) is 5.15 Å². The number of anilines is 1. The van der Waals surface area contributed by atoms with Gasteiger partial charge < -0.3 is 5.32 Å². The van der Waals surface area contributed by atoms with E-state index in [0.717, 1.165) is 5.69 Å². The van der Waals surface area contributed by atoms with Crippen molar-refractivity contribution >= 4 is 23.5 Å². The summed E-state index contributed by atoms with van der Waals surface area (Å²) < 4.78 is 0. The molecule has 0 atom stereocenters. The van der Waals surface area contributed by atoms with E-state index in [-0.39, 0.29) is 17.8 Å². The maximum Gasteiger partial charge on any atom is 0.232 e. The molecule has 1 aliphatic rings. The molecule has 2 rings (SSSR count).